The van der Waals surface area contributed by atoms with Gasteiger partial charge in [0.1, 0.15) is 5.82 Å². The van der Waals surface area contributed by atoms with Gasteiger partial charge < -0.3 is 10.2 Å². The van der Waals surface area contributed by atoms with Crippen LogP contribution in [-0.4, -0.2) is 29.8 Å². The number of benzene rings is 2. The molecule has 0 bridgehead atoms. The van der Waals surface area contributed by atoms with Gasteiger partial charge in [-0.2, -0.15) is 0 Å². The van der Waals surface area contributed by atoms with Crippen LogP contribution in [0.25, 0.3) is 0 Å². The molecule has 1 heterocycles. The third kappa shape index (κ3) is 4.66. The van der Waals surface area contributed by atoms with Crippen LogP contribution >= 0.6 is 0 Å². The van der Waals surface area contributed by atoms with E-state index in [0.717, 1.165) is 12.0 Å². The monoisotopic (exact) mass is 340 g/mol. The Bertz CT molecular complexity index is 731. The van der Waals surface area contributed by atoms with Crippen molar-refractivity contribution in [3.05, 3.63) is 71.5 Å². The summed E-state index contributed by atoms with van der Waals surface area (Å²) >= 11 is 0. The highest BCUT2D eigenvalue weighted by molar-refractivity contribution is 5.89. The summed E-state index contributed by atoms with van der Waals surface area (Å²) in [7, 11) is 0. The number of rotatable bonds is 6. The number of carbonyl (C=O) groups excluding carboxylic acids is 2. The summed E-state index contributed by atoms with van der Waals surface area (Å²) in [5, 5.41) is 2.83. The standard InChI is InChI=1S/C20H21FN2O2/c21-18-8-6-16(7-9-18)13-22-20(25)17-12-19(24)23(14-17)11-10-15-4-2-1-3-5-15/h1-9,17H,10-14H2,(H,22,25)/t17-/m0/s1. The van der Waals surface area contributed by atoms with E-state index in [2.05, 4.69) is 5.32 Å². The number of nitrogens with zero attached hydrogens (tertiary/aromatic N) is 1. The van der Waals surface area contributed by atoms with Crippen molar-refractivity contribution in [2.24, 2.45) is 5.92 Å². The highest BCUT2D eigenvalue weighted by Gasteiger charge is 2.33. The molecule has 0 saturated carbocycles. The molecule has 25 heavy (non-hydrogen) atoms. The lowest BCUT2D eigenvalue weighted by atomic mass is 10.1. The minimum absolute atomic E-state index is 0.0258. The van der Waals surface area contributed by atoms with E-state index in [1.54, 1.807) is 17.0 Å². The minimum Gasteiger partial charge on any atom is -0.352 e. The quantitative estimate of drug-likeness (QED) is 0.878. The second-order valence-corrected chi connectivity index (χ2v) is 6.32. The minimum atomic E-state index is -0.316. The molecule has 4 nitrogen and oxygen atoms in total. The maximum absolute atomic E-state index is 12.9. The van der Waals surface area contributed by atoms with Gasteiger partial charge >= 0.3 is 0 Å². The Morgan fingerprint density at radius 3 is 2.52 bits per heavy atom. The van der Waals surface area contributed by atoms with E-state index >= 15 is 0 Å². The highest BCUT2D eigenvalue weighted by atomic mass is 19.1. The van der Waals surface area contributed by atoms with Crippen LogP contribution < -0.4 is 5.32 Å². The average Bonchev–Trinajstić information content (AvgIpc) is 3.01. The van der Waals surface area contributed by atoms with E-state index in [1.807, 2.05) is 30.3 Å². The molecule has 130 valence electrons. The zero-order chi connectivity index (χ0) is 17.6. The first-order valence-electron chi connectivity index (χ1n) is 8.45. The number of likely N-dealkylation sites (tertiary alicyclic amines) is 1. The van der Waals surface area contributed by atoms with Crippen LogP contribution in [0.2, 0.25) is 0 Å². The SMILES string of the molecule is O=C(NCc1ccc(F)cc1)[C@H]1CC(=O)N(CCc2ccccc2)C1. The molecule has 0 spiro atoms. The van der Waals surface area contributed by atoms with Gasteiger partial charge in [0.25, 0.3) is 0 Å². The Morgan fingerprint density at radius 1 is 1.08 bits per heavy atom. The van der Waals surface area contributed by atoms with Gasteiger partial charge in [0.15, 0.2) is 0 Å². The molecule has 0 aliphatic carbocycles. The summed E-state index contributed by atoms with van der Waals surface area (Å²) < 4.78 is 12.9. The number of halogens is 1. The maximum Gasteiger partial charge on any atom is 0.225 e. The Hall–Kier alpha value is -2.69. The Balaban J connectivity index is 1.47. The van der Waals surface area contributed by atoms with Crippen molar-refractivity contribution in [2.75, 3.05) is 13.1 Å². The van der Waals surface area contributed by atoms with E-state index in [0.29, 0.717) is 19.6 Å². The number of amides is 2. The fourth-order valence-corrected chi connectivity index (χ4v) is 3.01. The van der Waals surface area contributed by atoms with E-state index in [1.165, 1.54) is 17.7 Å². The van der Waals surface area contributed by atoms with Crippen LogP contribution in [0, 0.1) is 11.7 Å². The molecule has 2 aromatic rings. The van der Waals surface area contributed by atoms with Crippen molar-refractivity contribution >= 4 is 11.8 Å². The Kier molecular flexibility index (Phi) is 5.43. The summed E-state index contributed by atoms with van der Waals surface area (Å²) in [6.07, 6.45) is 1.04. The highest BCUT2D eigenvalue weighted by Crippen LogP contribution is 2.18. The van der Waals surface area contributed by atoms with E-state index < -0.39 is 0 Å². The van der Waals surface area contributed by atoms with Gasteiger partial charge in [-0.25, -0.2) is 4.39 Å². The van der Waals surface area contributed by atoms with Gasteiger partial charge in [-0.1, -0.05) is 42.5 Å². The van der Waals surface area contributed by atoms with Crippen molar-refractivity contribution in [3.63, 3.8) is 0 Å². The lowest BCUT2D eigenvalue weighted by molar-refractivity contribution is -0.129. The molecule has 0 aromatic heterocycles. The topological polar surface area (TPSA) is 49.4 Å². The number of hydrogen-bond acceptors (Lipinski definition) is 2. The van der Waals surface area contributed by atoms with Crippen LogP contribution in [-0.2, 0) is 22.6 Å². The fraction of sp³-hybridized carbons (Fsp3) is 0.300. The molecule has 5 heteroatoms. The predicted molar refractivity (Wildman–Crippen MR) is 93.1 cm³/mol. The largest absolute Gasteiger partial charge is 0.352 e. The Labute approximate surface area is 146 Å². The molecule has 1 atom stereocenters. The normalized spacial score (nSPS) is 16.9. The number of hydrogen-bond donors (Lipinski definition) is 1. The molecule has 1 fully saturated rings. The van der Waals surface area contributed by atoms with Crippen LogP contribution in [0.5, 0.6) is 0 Å². The second kappa shape index (κ2) is 7.92. The third-order valence-corrected chi connectivity index (χ3v) is 4.48. The molecular weight excluding hydrogens is 319 g/mol. The van der Waals surface area contributed by atoms with Gasteiger partial charge in [0.05, 0.1) is 5.92 Å². The summed E-state index contributed by atoms with van der Waals surface area (Å²) in [5.41, 5.74) is 2.01. The number of carbonyl (C=O) groups is 2. The third-order valence-electron chi connectivity index (χ3n) is 4.48. The summed E-state index contributed by atoms with van der Waals surface area (Å²) in [6.45, 7) is 1.43. The Morgan fingerprint density at radius 2 is 1.80 bits per heavy atom. The molecule has 2 amide bonds. The molecule has 3 rings (SSSR count). The molecule has 1 N–H and O–H groups in total. The molecular formula is C20H21FN2O2. The maximum atomic E-state index is 12.9. The van der Waals surface area contributed by atoms with Crippen LogP contribution in [0.1, 0.15) is 17.5 Å². The van der Waals surface area contributed by atoms with Gasteiger partial charge in [-0.05, 0) is 29.7 Å². The first-order chi connectivity index (χ1) is 12.1. The zero-order valence-electron chi connectivity index (χ0n) is 14.0. The molecule has 2 aromatic carbocycles. The molecule has 1 aliphatic heterocycles. The summed E-state index contributed by atoms with van der Waals surface area (Å²) in [4.78, 5) is 26.2. The van der Waals surface area contributed by atoms with Crippen molar-refractivity contribution in [1.82, 2.24) is 10.2 Å². The van der Waals surface area contributed by atoms with E-state index in [-0.39, 0.29) is 30.0 Å². The fourth-order valence-electron chi connectivity index (χ4n) is 3.01. The predicted octanol–water partition coefficient (Wildman–Crippen LogP) is 2.53. The zero-order valence-corrected chi connectivity index (χ0v) is 14.0. The van der Waals surface area contributed by atoms with Gasteiger partial charge in [0, 0.05) is 26.1 Å². The number of nitrogens with one attached hydrogen (secondary N) is 1. The lowest BCUT2D eigenvalue weighted by Crippen LogP contribution is -2.33. The summed E-state index contributed by atoms with van der Waals surface area (Å²) in [5.74, 6) is -0.716. The van der Waals surface area contributed by atoms with Crippen LogP contribution in [0.3, 0.4) is 0 Å². The smallest absolute Gasteiger partial charge is 0.225 e. The van der Waals surface area contributed by atoms with Crippen LogP contribution in [0.15, 0.2) is 54.6 Å². The molecule has 1 aliphatic rings. The first-order valence-corrected chi connectivity index (χ1v) is 8.45. The first kappa shape index (κ1) is 17.1. The lowest BCUT2D eigenvalue weighted by Gasteiger charge is -2.16. The van der Waals surface area contributed by atoms with Gasteiger partial charge in [-0.15, -0.1) is 0 Å². The van der Waals surface area contributed by atoms with Crippen molar-refractivity contribution in [2.45, 2.75) is 19.4 Å². The molecule has 1 saturated heterocycles. The van der Waals surface area contributed by atoms with Crippen molar-refractivity contribution < 1.29 is 14.0 Å². The van der Waals surface area contributed by atoms with Gasteiger partial charge in [-0.3, -0.25) is 9.59 Å². The molecule has 0 radical (unpaired) electrons. The van der Waals surface area contributed by atoms with Gasteiger partial charge in [0.2, 0.25) is 11.8 Å². The average molecular weight is 340 g/mol. The van der Waals surface area contributed by atoms with E-state index in [4.69, 9.17) is 0 Å². The van der Waals surface area contributed by atoms with Crippen molar-refractivity contribution in [3.8, 4) is 0 Å². The second-order valence-electron chi connectivity index (χ2n) is 6.32. The van der Waals surface area contributed by atoms with E-state index in [9.17, 15) is 14.0 Å². The summed E-state index contributed by atoms with van der Waals surface area (Å²) in [6, 6.07) is 16.0. The molecule has 0 unspecified atom stereocenters. The van der Waals surface area contributed by atoms with Crippen LogP contribution in [0.4, 0.5) is 4.39 Å². The van der Waals surface area contributed by atoms with Crippen molar-refractivity contribution in [1.29, 1.82) is 0 Å².